The first-order valence-electron chi connectivity index (χ1n) is 12.9. The number of fused-ring (bicyclic) bond motifs is 1. The molecule has 0 spiro atoms. The van der Waals surface area contributed by atoms with Gasteiger partial charge in [0.1, 0.15) is 5.75 Å². The summed E-state index contributed by atoms with van der Waals surface area (Å²) in [7, 11) is 0. The fourth-order valence-corrected chi connectivity index (χ4v) is 5.35. The lowest BCUT2D eigenvalue weighted by atomic mass is 10.1. The summed E-state index contributed by atoms with van der Waals surface area (Å²) >= 11 is 1.21. The van der Waals surface area contributed by atoms with E-state index in [1.165, 1.54) is 23.9 Å². The van der Waals surface area contributed by atoms with Gasteiger partial charge in [0, 0.05) is 41.3 Å². The first-order valence-corrected chi connectivity index (χ1v) is 13.7. The summed E-state index contributed by atoms with van der Waals surface area (Å²) in [5, 5.41) is 12.6. The van der Waals surface area contributed by atoms with E-state index in [0.29, 0.717) is 40.0 Å². The summed E-state index contributed by atoms with van der Waals surface area (Å²) < 4.78 is 10.6. The molecule has 1 N–H and O–H groups in total. The Hall–Kier alpha value is -4.90. The summed E-state index contributed by atoms with van der Waals surface area (Å²) in [6.07, 6.45) is 4.24. The predicted molar refractivity (Wildman–Crippen MR) is 158 cm³/mol. The van der Waals surface area contributed by atoms with Crippen molar-refractivity contribution in [1.29, 1.82) is 0 Å². The number of para-hydroxylation sites is 2. The fraction of sp³-hybridized carbons (Fsp3) is 0.167. The third-order valence-corrected chi connectivity index (χ3v) is 7.32. The average molecular weight is 571 g/mol. The molecule has 1 amide bonds. The number of aromatic amines is 1. The molecule has 1 aromatic heterocycles. The molecule has 0 saturated carbocycles. The number of esters is 1. The number of carbonyl (C=O) groups is 2. The first kappa shape index (κ1) is 27.7. The average Bonchev–Trinajstić information content (AvgIpc) is 3.52. The largest absolute Gasteiger partial charge is 0.481 e. The molecule has 5 rings (SSSR count). The van der Waals surface area contributed by atoms with E-state index in [0.717, 1.165) is 16.5 Å². The molecule has 0 bridgehead atoms. The molecule has 1 fully saturated rings. The van der Waals surface area contributed by atoms with E-state index in [2.05, 4.69) is 9.98 Å². The Morgan fingerprint density at radius 2 is 1.85 bits per heavy atom. The monoisotopic (exact) mass is 570 g/mol. The maximum absolute atomic E-state index is 13.7. The van der Waals surface area contributed by atoms with Gasteiger partial charge in [-0.1, -0.05) is 36.4 Å². The molecule has 0 unspecified atom stereocenters. The Bertz CT molecular complexity index is 1660. The zero-order chi connectivity index (χ0) is 28.8. The van der Waals surface area contributed by atoms with Crippen LogP contribution in [0.25, 0.3) is 17.0 Å². The lowest BCUT2D eigenvalue weighted by Gasteiger charge is -2.15. The summed E-state index contributed by atoms with van der Waals surface area (Å²) in [4.78, 5) is 46.1. The number of carbonyl (C=O) groups excluding carboxylic acids is 2. The minimum atomic E-state index is -0.484. The third-order valence-electron chi connectivity index (χ3n) is 6.31. The molecule has 208 valence electrons. The van der Waals surface area contributed by atoms with Crippen LogP contribution in [-0.2, 0) is 20.7 Å². The number of hydrogen-bond acceptors (Lipinski definition) is 8. The quantitative estimate of drug-likeness (QED) is 0.109. The maximum atomic E-state index is 13.7. The molecule has 4 aromatic rings. The van der Waals surface area contributed by atoms with Crippen molar-refractivity contribution in [2.45, 2.75) is 13.3 Å². The van der Waals surface area contributed by atoms with Gasteiger partial charge in [-0.05, 0) is 61.0 Å². The van der Waals surface area contributed by atoms with Gasteiger partial charge < -0.3 is 14.5 Å². The topological polar surface area (TPSA) is 127 Å². The second kappa shape index (κ2) is 12.5. The number of amides is 1. The zero-order valence-electron chi connectivity index (χ0n) is 22.1. The lowest BCUT2D eigenvalue weighted by Crippen LogP contribution is -2.31. The SMILES string of the molecule is CCOC(=O)COc1ccccc1/C=C1\SC(=Nc2ccc([N+](=O)[O-])cc2)N(CCc2c[nH]c3ccccc23)C1=O. The normalized spacial score (nSPS) is 15.1. The van der Waals surface area contributed by atoms with Crippen molar-refractivity contribution in [3.05, 3.63) is 105 Å². The number of nitro groups is 1. The smallest absolute Gasteiger partial charge is 0.344 e. The lowest BCUT2D eigenvalue weighted by molar-refractivity contribution is -0.384. The number of nitrogens with zero attached hydrogens (tertiary/aromatic N) is 3. The molecule has 2 heterocycles. The van der Waals surface area contributed by atoms with E-state index in [1.807, 2.05) is 36.5 Å². The van der Waals surface area contributed by atoms with Crippen molar-refractivity contribution in [1.82, 2.24) is 9.88 Å². The number of benzene rings is 3. The van der Waals surface area contributed by atoms with Gasteiger partial charge in [-0.15, -0.1) is 0 Å². The first-order chi connectivity index (χ1) is 19.9. The summed E-state index contributed by atoms with van der Waals surface area (Å²) in [5.41, 5.74) is 3.16. The van der Waals surface area contributed by atoms with E-state index in [-0.39, 0.29) is 24.8 Å². The molecule has 0 radical (unpaired) electrons. The second-order valence-electron chi connectivity index (χ2n) is 8.98. The summed E-state index contributed by atoms with van der Waals surface area (Å²) in [5.74, 6) is -0.273. The van der Waals surface area contributed by atoms with Crippen LogP contribution in [0.5, 0.6) is 5.75 Å². The Morgan fingerprint density at radius 3 is 2.63 bits per heavy atom. The molecular formula is C30H26N4O6S. The van der Waals surface area contributed by atoms with Crippen LogP contribution in [0, 0.1) is 10.1 Å². The number of H-pyrrole nitrogens is 1. The van der Waals surface area contributed by atoms with E-state index in [9.17, 15) is 19.7 Å². The fourth-order valence-electron chi connectivity index (χ4n) is 4.33. The van der Waals surface area contributed by atoms with Crippen molar-refractivity contribution in [2.24, 2.45) is 4.99 Å². The van der Waals surface area contributed by atoms with Gasteiger partial charge in [-0.3, -0.25) is 19.8 Å². The van der Waals surface area contributed by atoms with Crippen LogP contribution < -0.4 is 4.74 Å². The van der Waals surface area contributed by atoms with Crippen LogP contribution in [0.15, 0.2) is 88.9 Å². The predicted octanol–water partition coefficient (Wildman–Crippen LogP) is 5.86. The Balaban J connectivity index is 1.44. The number of hydrogen-bond donors (Lipinski definition) is 1. The molecule has 1 aliphatic rings. The minimum Gasteiger partial charge on any atom is -0.481 e. The number of ether oxygens (including phenoxy) is 2. The van der Waals surface area contributed by atoms with Crippen LogP contribution in [0.1, 0.15) is 18.1 Å². The van der Waals surface area contributed by atoms with Crippen LogP contribution >= 0.6 is 11.8 Å². The zero-order valence-corrected chi connectivity index (χ0v) is 22.9. The van der Waals surface area contributed by atoms with Gasteiger partial charge in [-0.25, -0.2) is 9.79 Å². The van der Waals surface area contributed by atoms with Crippen LogP contribution in [-0.4, -0.2) is 51.6 Å². The molecule has 0 atom stereocenters. The maximum Gasteiger partial charge on any atom is 0.344 e. The van der Waals surface area contributed by atoms with Gasteiger partial charge in [0.05, 0.1) is 22.1 Å². The Labute approximate surface area is 239 Å². The third kappa shape index (κ3) is 6.47. The van der Waals surface area contributed by atoms with Crippen molar-refractivity contribution in [2.75, 3.05) is 19.8 Å². The van der Waals surface area contributed by atoms with E-state index in [1.54, 1.807) is 48.2 Å². The number of non-ortho nitro benzene ring substituents is 1. The molecule has 1 aliphatic heterocycles. The number of thioether (sulfide) groups is 1. The van der Waals surface area contributed by atoms with E-state index < -0.39 is 10.9 Å². The van der Waals surface area contributed by atoms with Crippen molar-refractivity contribution < 1.29 is 24.0 Å². The van der Waals surface area contributed by atoms with Crippen molar-refractivity contribution in [3.63, 3.8) is 0 Å². The molecular weight excluding hydrogens is 544 g/mol. The Kier molecular flexibility index (Phi) is 8.44. The van der Waals surface area contributed by atoms with Crippen LogP contribution in [0.3, 0.4) is 0 Å². The number of amidine groups is 1. The molecule has 1 saturated heterocycles. The van der Waals surface area contributed by atoms with Crippen LogP contribution in [0.2, 0.25) is 0 Å². The number of aromatic nitrogens is 1. The molecule has 41 heavy (non-hydrogen) atoms. The van der Waals surface area contributed by atoms with Gasteiger partial charge in [0.2, 0.25) is 0 Å². The summed E-state index contributed by atoms with van der Waals surface area (Å²) in [6, 6.07) is 20.9. The van der Waals surface area contributed by atoms with E-state index in [4.69, 9.17) is 9.47 Å². The highest BCUT2D eigenvalue weighted by molar-refractivity contribution is 8.18. The number of rotatable bonds is 10. The number of aliphatic imine (C=N–C) groups is 1. The number of nitro benzene ring substituents is 1. The van der Waals surface area contributed by atoms with Gasteiger partial charge in [0.15, 0.2) is 11.8 Å². The number of nitrogens with one attached hydrogen (secondary N) is 1. The molecule has 3 aromatic carbocycles. The molecule has 0 aliphatic carbocycles. The second-order valence-corrected chi connectivity index (χ2v) is 9.99. The molecule has 11 heteroatoms. The van der Waals surface area contributed by atoms with Crippen molar-refractivity contribution >= 4 is 57.2 Å². The highest BCUT2D eigenvalue weighted by Crippen LogP contribution is 2.36. The highest BCUT2D eigenvalue weighted by Gasteiger charge is 2.33. The summed E-state index contributed by atoms with van der Waals surface area (Å²) in [6.45, 7) is 2.10. The minimum absolute atomic E-state index is 0.0414. The van der Waals surface area contributed by atoms with E-state index >= 15 is 0 Å². The Morgan fingerprint density at radius 1 is 1.10 bits per heavy atom. The van der Waals surface area contributed by atoms with Gasteiger partial charge >= 0.3 is 5.97 Å². The van der Waals surface area contributed by atoms with Crippen molar-refractivity contribution in [3.8, 4) is 5.75 Å². The standard InChI is InChI=1S/C30H26N4O6S/c1-2-39-28(35)19-40-26-10-6-3-7-20(26)17-27-29(36)33(16-15-21-18-31-25-9-5-4-8-24(21)25)30(41-27)32-22-11-13-23(14-12-22)34(37)38/h3-14,17-18,31H,2,15-16,19H2,1H3/b27-17-,32-30?. The van der Waals surface area contributed by atoms with Gasteiger partial charge in [0.25, 0.3) is 11.6 Å². The van der Waals surface area contributed by atoms with Crippen LogP contribution in [0.4, 0.5) is 11.4 Å². The molecule has 10 nitrogen and oxygen atoms in total. The van der Waals surface area contributed by atoms with Gasteiger partial charge in [-0.2, -0.15) is 0 Å². The highest BCUT2D eigenvalue weighted by atomic mass is 32.2.